The lowest BCUT2D eigenvalue weighted by Gasteiger charge is -2.11. The monoisotopic (exact) mass is 433 g/mol. The Bertz CT molecular complexity index is 991. The SMILES string of the molecule is Cn1cc(C(F)(F)F)nc1-c1ccc(CNc2nc(Cl)ncc2OC(F)F)cc1. The van der Waals surface area contributed by atoms with Gasteiger partial charge in [-0.25, -0.2) is 9.97 Å². The molecule has 0 radical (unpaired) electrons. The summed E-state index contributed by atoms with van der Waals surface area (Å²) < 4.78 is 68.9. The highest BCUT2D eigenvalue weighted by Gasteiger charge is 2.34. The van der Waals surface area contributed by atoms with Gasteiger partial charge in [0.25, 0.3) is 0 Å². The number of benzene rings is 1. The van der Waals surface area contributed by atoms with Gasteiger partial charge in [0.1, 0.15) is 5.82 Å². The van der Waals surface area contributed by atoms with Crippen LogP contribution in [0.2, 0.25) is 5.28 Å². The number of rotatable bonds is 6. The van der Waals surface area contributed by atoms with E-state index in [9.17, 15) is 22.0 Å². The van der Waals surface area contributed by atoms with Crippen molar-refractivity contribution in [3.63, 3.8) is 0 Å². The molecule has 0 saturated carbocycles. The van der Waals surface area contributed by atoms with Gasteiger partial charge in [0.2, 0.25) is 5.28 Å². The molecule has 0 spiro atoms. The topological polar surface area (TPSA) is 64.9 Å². The van der Waals surface area contributed by atoms with Crippen molar-refractivity contribution in [2.24, 2.45) is 7.05 Å². The third kappa shape index (κ3) is 5.11. The van der Waals surface area contributed by atoms with Crippen molar-refractivity contribution in [1.82, 2.24) is 19.5 Å². The number of alkyl halides is 5. The molecule has 12 heteroatoms. The molecule has 0 unspecified atom stereocenters. The zero-order valence-electron chi connectivity index (χ0n) is 14.7. The van der Waals surface area contributed by atoms with E-state index in [-0.39, 0.29) is 29.2 Å². The molecule has 0 amide bonds. The smallest absolute Gasteiger partial charge is 0.429 e. The van der Waals surface area contributed by atoms with Crippen LogP contribution in [0, 0.1) is 0 Å². The lowest BCUT2D eigenvalue weighted by atomic mass is 10.1. The molecule has 2 aromatic heterocycles. The molecule has 0 bridgehead atoms. The van der Waals surface area contributed by atoms with E-state index in [1.54, 1.807) is 24.3 Å². The first kappa shape index (κ1) is 20.8. The van der Waals surface area contributed by atoms with Gasteiger partial charge >= 0.3 is 12.8 Å². The van der Waals surface area contributed by atoms with Gasteiger partial charge in [-0.15, -0.1) is 0 Å². The lowest BCUT2D eigenvalue weighted by Crippen LogP contribution is -2.09. The summed E-state index contributed by atoms with van der Waals surface area (Å²) in [6, 6.07) is 6.51. The Morgan fingerprint density at radius 1 is 1.17 bits per heavy atom. The number of hydrogen-bond acceptors (Lipinski definition) is 5. The Morgan fingerprint density at radius 2 is 1.86 bits per heavy atom. The van der Waals surface area contributed by atoms with Crippen LogP contribution in [0.3, 0.4) is 0 Å². The molecule has 2 heterocycles. The summed E-state index contributed by atoms with van der Waals surface area (Å²) >= 11 is 5.68. The number of imidazole rings is 1. The summed E-state index contributed by atoms with van der Waals surface area (Å²) in [7, 11) is 1.47. The number of aromatic nitrogens is 4. The minimum atomic E-state index is -4.53. The quantitative estimate of drug-likeness (QED) is 0.448. The first-order valence-electron chi connectivity index (χ1n) is 8.04. The maximum absolute atomic E-state index is 12.8. The summed E-state index contributed by atoms with van der Waals surface area (Å²) in [5.74, 6) is -0.131. The van der Waals surface area contributed by atoms with Gasteiger partial charge in [0.15, 0.2) is 17.3 Å². The van der Waals surface area contributed by atoms with E-state index in [2.05, 4.69) is 25.0 Å². The van der Waals surface area contributed by atoms with Crippen LogP contribution in [0.15, 0.2) is 36.7 Å². The van der Waals surface area contributed by atoms with Crippen LogP contribution in [0.5, 0.6) is 5.75 Å². The van der Waals surface area contributed by atoms with E-state index >= 15 is 0 Å². The van der Waals surface area contributed by atoms with Gasteiger partial charge in [0.05, 0.1) is 6.20 Å². The Balaban J connectivity index is 1.74. The van der Waals surface area contributed by atoms with E-state index in [0.717, 1.165) is 12.4 Å². The standard InChI is InChI=1S/C17H13ClF5N5O/c1-28-8-12(17(21,22)23)26-14(28)10-4-2-9(3-5-10)6-24-13-11(29-16(19)20)7-25-15(18)27-13/h2-5,7-8,16H,6H2,1H3,(H,24,25,27). The molecule has 0 atom stereocenters. The second-order valence-corrected chi connectivity index (χ2v) is 6.18. The van der Waals surface area contributed by atoms with Crippen molar-refractivity contribution < 1.29 is 26.7 Å². The second kappa shape index (κ2) is 8.19. The Morgan fingerprint density at radius 3 is 2.45 bits per heavy atom. The van der Waals surface area contributed by atoms with E-state index in [0.29, 0.717) is 11.1 Å². The maximum atomic E-state index is 12.8. The molecular weight excluding hydrogens is 421 g/mol. The summed E-state index contributed by atoms with van der Waals surface area (Å²) in [6.07, 6.45) is -2.60. The third-order valence-corrected chi connectivity index (χ3v) is 3.96. The molecule has 3 rings (SSSR count). The van der Waals surface area contributed by atoms with Crippen molar-refractivity contribution in [1.29, 1.82) is 0 Å². The highest BCUT2D eigenvalue weighted by Crippen LogP contribution is 2.31. The summed E-state index contributed by atoms with van der Waals surface area (Å²) in [4.78, 5) is 11.0. The summed E-state index contributed by atoms with van der Waals surface area (Å²) in [6.45, 7) is -2.89. The highest BCUT2D eigenvalue weighted by atomic mass is 35.5. The van der Waals surface area contributed by atoms with Gasteiger partial charge in [-0.05, 0) is 17.2 Å². The lowest BCUT2D eigenvalue weighted by molar-refractivity contribution is -0.140. The normalized spacial score (nSPS) is 11.7. The van der Waals surface area contributed by atoms with Gasteiger partial charge in [-0.1, -0.05) is 24.3 Å². The molecule has 3 aromatic rings. The molecule has 6 nitrogen and oxygen atoms in total. The first-order chi connectivity index (χ1) is 13.6. The summed E-state index contributed by atoms with van der Waals surface area (Å²) in [5.41, 5.74) is 0.211. The van der Waals surface area contributed by atoms with Crippen molar-refractivity contribution in [2.45, 2.75) is 19.3 Å². The van der Waals surface area contributed by atoms with Crippen LogP contribution >= 0.6 is 11.6 Å². The van der Waals surface area contributed by atoms with Crippen molar-refractivity contribution in [3.05, 3.63) is 53.2 Å². The van der Waals surface area contributed by atoms with Gasteiger partial charge in [-0.2, -0.15) is 26.9 Å². The van der Waals surface area contributed by atoms with Crippen molar-refractivity contribution in [2.75, 3.05) is 5.32 Å². The second-order valence-electron chi connectivity index (χ2n) is 5.84. The number of nitrogens with zero attached hydrogens (tertiary/aromatic N) is 4. The number of anilines is 1. The summed E-state index contributed by atoms with van der Waals surface area (Å²) in [5, 5.41) is 2.65. The van der Waals surface area contributed by atoms with Crippen LogP contribution < -0.4 is 10.1 Å². The molecule has 0 fully saturated rings. The minimum absolute atomic E-state index is 0.0201. The molecule has 29 heavy (non-hydrogen) atoms. The minimum Gasteiger partial charge on any atom is -0.429 e. The number of hydrogen-bond donors (Lipinski definition) is 1. The maximum Gasteiger partial charge on any atom is 0.434 e. The van der Waals surface area contributed by atoms with E-state index in [1.165, 1.54) is 11.6 Å². The zero-order valence-corrected chi connectivity index (χ0v) is 15.5. The molecule has 1 aromatic carbocycles. The highest BCUT2D eigenvalue weighted by molar-refractivity contribution is 6.28. The molecule has 154 valence electrons. The third-order valence-electron chi connectivity index (χ3n) is 3.78. The fraction of sp³-hybridized carbons (Fsp3) is 0.235. The number of ether oxygens (including phenoxy) is 1. The van der Waals surface area contributed by atoms with Gasteiger partial charge < -0.3 is 14.6 Å². The van der Waals surface area contributed by atoms with Crippen LogP contribution in [0.25, 0.3) is 11.4 Å². The van der Waals surface area contributed by atoms with Crippen molar-refractivity contribution >= 4 is 17.4 Å². The molecule has 0 aliphatic carbocycles. The van der Waals surface area contributed by atoms with Crippen LogP contribution in [-0.4, -0.2) is 26.1 Å². The fourth-order valence-electron chi connectivity index (χ4n) is 2.49. The molecule has 0 aliphatic rings. The number of aryl methyl sites for hydroxylation is 1. The zero-order chi connectivity index (χ0) is 21.2. The average molecular weight is 434 g/mol. The number of halogens is 6. The van der Waals surface area contributed by atoms with Crippen molar-refractivity contribution in [3.8, 4) is 17.1 Å². The molecule has 0 saturated heterocycles. The average Bonchev–Trinajstić information content (AvgIpc) is 3.04. The van der Waals surface area contributed by atoms with E-state index < -0.39 is 18.5 Å². The Hall–Kier alpha value is -2.95. The Labute approximate surface area is 166 Å². The molecular formula is C17H13ClF5N5O. The number of nitrogens with one attached hydrogen (secondary N) is 1. The van der Waals surface area contributed by atoms with Crippen LogP contribution in [0.1, 0.15) is 11.3 Å². The fourth-order valence-corrected chi connectivity index (χ4v) is 2.62. The van der Waals surface area contributed by atoms with E-state index in [1.807, 2.05) is 0 Å². The first-order valence-corrected chi connectivity index (χ1v) is 8.42. The predicted octanol–water partition coefficient (Wildman–Crippen LogP) is 4.76. The van der Waals surface area contributed by atoms with Crippen LogP contribution in [-0.2, 0) is 19.8 Å². The molecule has 1 N–H and O–H groups in total. The van der Waals surface area contributed by atoms with E-state index in [4.69, 9.17) is 11.6 Å². The van der Waals surface area contributed by atoms with Crippen LogP contribution in [0.4, 0.5) is 27.8 Å². The predicted molar refractivity (Wildman–Crippen MR) is 94.6 cm³/mol. The largest absolute Gasteiger partial charge is 0.434 e. The van der Waals surface area contributed by atoms with Gasteiger partial charge in [-0.3, -0.25) is 0 Å². The van der Waals surface area contributed by atoms with Gasteiger partial charge in [0, 0.05) is 25.4 Å². The Kier molecular flexibility index (Phi) is 5.87. The molecule has 0 aliphatic heterocycles.